The first kappa shape index (κ1) is 18.0. The molecule has 4 rings (SSSR count). The average Bonchev–Trinajstić information content (AvgIpc) is 3.12. The Kier molecular flexibility index (Phi) is 4.54. The van der Waals surface area contributed by atoms with Crippen LogP contribution >= 0.6 is 0 Å². The Balaban J connectivity index is 1.52. The van der Waals surface area contributed by atoms with Crippen molar-refractivity contribution in [1.29, 1.82) is 0 Å². The topological polar surface area (TPSA) is 133 Å². The number of fused-ring (bicyclic) bond motifs is 1. The van der Waals surface area contributed by atoms with E-state index >= 15 is 0 Å². The summed E-state index contributed by atoms with van der Waals surface area (Å²) in [6.07, 6.45) is -0.885. The molecule has 0 fully saturated rings. The number of aromatic nitrogens is 2. The Hall–Kier alpha value is -4.40. The molecule has 0 spiro atoms. The van der Waals surface area contributed by atoms with Gasteiger partial charge in [-0.3, -0.25) is 10.1 Å². The van der Waals surface area contributed by atoms with E-state index in [1.807, 2.05) is 12.1 Å². The van der Waals surface area contributed by atoms with Crippen LogP contribution in [-0.4, -0.2) is 21.0 Å². The number of carbonyl (C=O) groups is 1. The number of amides is 1. The number of hydrogen-bond donors (Lipinski definition) is 2. The number of carbonyl (C=O) groups excluding carboxylic acids is 1. The van der Waals surface area contributed by atoms with E-state index in [0.717, 1.165) is 11.1 Å². The van der Waals surface area contributed by atoms with Crippen LogP contribution in [0, 0.1) is 10.1 Å². The Morgan fingerprint density at radius 2 is 1.59 bits per heavy atom. The zero-order valence-corrected chi connectivity index (χ0v) is 14.9. The number of hydrogen-bond acceptors (Lipinski definition) is 6. The number of primary amides is 1. The van der Waals surface area contributed by atoms with Crippen LogP contribution in [0.4, 0.5) is 10.5 Å². The predicted octanol–water partition coefficient (Wildman–Crippen LogP) is 4.39. The molecule has 0 aliphatic heterocycles. The number of H-pyrrole nitrogens is 1. The molecule has 9 nitrogen and oxygen atoms in total. The molecule has 0 radical (unpaired) electrons. The molecule has 29 heavy (non-hydrogen) atoms. The molecule has 1 heterocycles. The van der Waals surface area contributed by atoms with E-state index in [2.05, 4.69) is 9.97 Å². The van der Waals surface area contributed by atoms with Gasteiger partial charge in [0.25, 0.3) is 5.69 Å². The molecule has 0 saturated heterocycles. The van der Waals surface area contributed by atoms with E-state index in [1.54, 1.807) is 30.3 Å². The second-order valence-electron chi connectivity index (χ2n) is 6.06. The molecule has 0 bridgehead atoms. The molecule has 144 valence electrons. The summed E-state index contributed by atoms with van der Waals surface area (Å²) >= 11 is 0. The number of nitrogens with zero attached hydrogens (tertiary/aromatic N) is 2. The summed E-state index contributed by atoms with van der Waals surface area (Å²) in [5.41, 5.74) is 7.26. The van der Waals surface area contributed by atoms with Gasteiger partial charge in [-0.2, -0.15) is 0 Å². The van der Waals surface area contributed by atoms with Gasteiger partial charge < -0.3 is 20.2 Å². The lowest BCUT2D eigenvalue weighted by atomic mass is 10.2. The second-order valence-corrected chi connectivity index (χ2v) is 6.06. The van der Waals surface area contributed by atoms with E-state index < -0.39 is 11.0 Å². The fourth-order valence-corrected chi connectivity index (χ4v) is 2.75. The number of non-ortho nitro benzene ring substituents is 1. The van der Waals surface area contributed by atoms with Gasteiger partial charge in [0, 0.05) is 23.8 Å². The highest BCUT2D eigenvalue weighted by Crippen LogP contribution is 2.28. The minimum absolute atomic E-state index is 0.00182. The van der Waals surface area contributed by atoms with Gasteiger partial charge in [0.2, 0.25) is 0 Å². The van der Waals surface area contributed by atoms with Crippen molar-refractivity contribution in [2.24, 2.45) is 5.73 Å². The number of imidazole rings is 1. The highest BCUT2D eigenvalue weighted by atomic mass is 16.6. The number of rotatable bonds is 5. The number of nitrogens with two attached hydrogens (primary N) is 1. The molecular weight excluding hydrogens is 376 g/mol. The minimum Gasteiger partial charge on any atom is -0.457 e. The Morgan fingerprint density at radius 3 is 2.21 bits per heavy atom. The lowest BCUT2D eigenvalue weighted by Gasteiger charge is -2.06. The molecule has 1 aromatic heterocycles. The molecule has 0 aliphatic carbocycles. The second kappa shape index (κ2) is 7.31. The molecule has 9 heteroatoms. The Bertz CT molecular complexity index is 1200. The molecule has 4 aromatic rings. The maximum atomic E-state index is 10.9. The van der Waals surface area contributed by atoms with Gasteiger partial charge in [-0.15, -0.1) is 0 Å². The minimum atomic E-state index is -0.885. The first-order valence-corrected chi connectivity index (χ1v) is 8.48. The number of nitrogens with one attached hydrogen (secondary N) is 1. The van der Waals surface area contributed by atoms with Crippen LogP contribution in [0.25, 0.3) is 22.4 Å². The Labute approximate surface area is 163 Å². The maximum Gasteiger partial charge on any atom is 0.409 e. The van der Waals surface area contributed by atoms with Crippen molar-refractivity contribution in [3.63, 3.8) is 0 Å². The van der Waals surface area contributed by atoms with Crippen LogP contribution in [-0.2, 0) is 0 Å². The quantitative estimate of drug-likeness (QED) is 0.383. The van der Waals surface area contributed by atoms with Gasteiger partial charge in [-0.05, 0) is 48.5 Å². The molecule has 3 N–H and O–H groups in total. The van der Waals surface area contributed by atoms with Gasteiger partial charge in [0.15, 0.2) is 0 Å². The zero-order chi connectivity index (χ0) is 20.4. The Morgan fingerprint density at radius 1 is 0.966 bits per heavy atom. The number of benzene rings is 3. The third-order valence-electron chi connectivity index (χ3n) is 4.08. The van der Waals surface area contributed by atoms with Crippen LogP contribution in [0.1, 0.15) is 0 Å². The van der Waals surface area contributed by atoms with Crippen LogP contribution in [0.5, 0.6) is 17.2 Å². The maximum absolute atomic E-state index is 10.9. The number of nitro benzene ring substituents is 1. The van der Waals surface area contributed by atoms with Crippen molar-refractivity contribution in [3.8, 4) is 28.6 Å². The smallest absolute Gasteiger partial charge is 0.409 e. The number of nitro groups is 1. The monoisotopic (exact) mass is 390 g/mol. The normalized spacial score (nSPS) is 10.6. The number of ether oxygens (including phenoxy) is 2. The summed E-state index contributed by atoms with van der Waals surface area (Å²) < 4.78 is 10.6. The molecule has 0 unspecified atom stereocenters. The van der Waals surface area contributed by atoms with E-state index in [0.29, 0.717) is 28.6 Å². The SMILES string of the molecule is NC(=O)Oc1ccc2[nH]c(-c3ccc(Oc4ccc([N+](=O)[O-])cc4)cc3)nc2c1. The fraction of sp³-hybridized carbons (Fsp3) is 0. The number of aromatic amines is 1. The van der Waals surface area contributed by atoms with E-state index in [-0.39, 0.29) is 5.69 Å². The lowest BCUT2D eigenvalue weighted by Crippen LogP contribution is -2.16. The standard InChI is InChI=1S/C20H14N4O5/c21-20(25)29-16-9-10-17-18(11-16)23-19(22-17)12-1-5-14(6-2-12)28-15-7-3-13(4-8-15)24(26)27/h1-11H,(H2,21,25)(H,22,23). The van der Waals surface area contributed by atoms with Crippen molar-refractivity contribution in [1.82, 2.24) is 9.97 Å². The molecule has 3 aromatic carbocycles. The van der Waals surface area contributed by atoms with Gasteiger partial charge >= 0.3 is 6.09 Å². The summed E-state index contributed by atoms with van der Waals surface area (Å²) in [5, 5.41) is 10.7. The third-order valence-corrected chi connectivity index (χ3v) is 4.08. The van der Waals surface area contributed by atoms with Gasteiger partial charge in [-0.1, -0.05) is 0 Å². The lowest BCUT2D eigenvalue weighted by molar-refractivity contribution is -0.384. The van der Waals surface area contributed by atoms with Crippen LogP contribution < -0.4 is 15.2 Å². The van der Waals surface area contributed by atoms with Crippen molar-refractivity contribution in [2.45, 2.75) is 0 Å². The molecular formula is C20H14N4O5. The largest absolute Gasteiger partial charge is 0.457 e. The summed E-state index contributed by atoms with van der Waals surface area (Å²) in [6, 6.07) is 18.0. The van der Waals surface area contributed by atoms with E-state index in [4.69, 9.17) is 15.2 Å². The van der Waals surface area contributed by atoms with E-state index in [1.165, 1.54) is 24.3 Å². The fourth-order valence-electron chi connectivity index (χ4n) is 2.75. The zero-order valence-electron chi connectivity index (χ0n) is 14.9. The molecule has 0 atom stereocenters. The highest BCUT2D eigenvalue weighted by Gasteiger charge is 2.09. The summed E-state index contributed by atoms with van der Waals surface area (Å²) in [5.74, 6) is 2.03. The van der Waals surface area contributed by atoms with Crippen molar-refractivity contribution in [3.05, 3.63) is 76.8 Å². The summed E-state index contributed by atoms with van der Waals surface area (Å²) in [7, 11) is 0. The van der Waals surface area contributed by atoms with E-state index in [9.17, 15) is 14.9 Å². The average molecular weight is 390 g/mol. The predicted molar refractivity (Wildman–Crippen MR) is 105 cm³/mol. The molecule has 0 saturated carbocycles. The highest BCUT2D eigenvalue weighted by molar-refractivity contribution is 5.81. The van der Waals surface area contributed by atoms with Crippen LogP contribution in [0.2, 0.25) is 0 Å². The molecule has 1 amide bonds. The van der Waals surface area contributed by atoms with Gasteiger partial charge in [0.05, 0.1) is 16.0 Å². The van der Waals surface area contributed by atoms with Crippen molar-refractivity contribution < 1.29 is 19.2 Å². The van der Waals surface area contributed by atoms with Gasteiger partial charge in [-0.25, -0.2) is 9.78 Å². The van der Waals surface area contributed by atoms with Crippen LogP contribution in [0.3, 0.4) is 0 Å². The molecule has 0 aliphatic rings. The van der Waals surface area contributed by atoms with Gasteiger partial charge in [0.1, 0.15) is 23.1 Å². The van der Waals surface area contributed by atoms with Crippen LogP contribution in [0.15, 0.2) is 66.7 Å². The first-order chi connectivity index (χ1) is 14.0. The summed E-state index contributed by atoms with van der Waals surface area (Å²) in [6.45, 7) is 0. The van der Waals surface area contributed by atoms with Crippen molar-refractivity contribution in [2.75, 3.05) is 0 Å². The first-order valence-electron chi connectivity index (χ1n) is 8.48. The third kappa shape index (κ3) is 3.98. The van der Waals surface area contributed by atoms with Crippen molar-refractivity contribution >= 4 is 22.8 Å². The summed E-state index contributed by atoms with van der Waals surface area (Å²) in [4.78, 5) is 28.8.